The lowest BCUT2D eigenvalue weighted by Gasteiger charge is -2.07. The number of halogens is 2. The Hall–Kier alpha value is -1.09. The first-order chi connectivity index (χ1) is 9.15. The van der Waals surface area contributed by atoms with Crippen LogP contribution in [-0.4, -0.2) is 11.8 Å². The molecule has 0 aromatic heterocycles. The maximum absolute atomic E-state index is 13.4. The molecule has 0 radical (unpaired) electrons. The van der Waals surface area contributed by atoms with E-state index in [1.807, 2.05) is 0 Å². The monoisotopic (exact) mass is 286 g/mol. The van der Waals surface area contributed by atoms with Gasteiger partial charge in [-0.3, -0.25) is 4.79 Å². The Kier molecular flexibility index (Phi) is 7.49. The summed E-state index contributed by atoms with van der Waals surface area (Å²) in [7, 11) is 0. The average molecular weight is 287 g/mol. The molecular weight excluding hydrogens is 267 g/mol. The van der Waals surface area contributed by atoms with E-state index in [2.05, 4.69) is 6.92 Å². The number of hydrogen-bond acceptors (Lipinski definition) is 2. The summed E-state index contributed by atoms with van der Waals surface area (Å²) in [5.74, 6) is -0.201. The fraction of sp³-hybridized carbons (Fsp3) is 0.533. The molecule has 0 aliphatic heterocycles. The van der Waals surface area contributed by atoms with E-state index in [0.717, 1.165) is 12.8 Å². The Bertz CT molecular complexity index is 407. The largest absolute Gasteiger partial charge is 0.493 e. The summed E-state index contributed by atoms with van der Waals surface area (Å²) >= 11 is 5.23. The molecule has 2 nitrogen and oxygen atoms in total. The molecule has 1 rings (SSSR count). The molecule has 0 unspecified atom stereocenters. The van der Waals surface area contributed by atoms with E-state index < -0.39 is 11.1 Å². The standard InChI is InChI=1S/C15H20ClFO2/c1-2-3-4-5-6-7-10-19-12-8-9-13(15(16)18)14(17)11-12/h8-9,11H,2-7,10H2,1H3. The van der Waals surface area contributed by atoms with Gasteiger partial charge in [-0.05, 0) is 30.2 Å². The molecule has 1 aromatic rings. The molecule has 1 aromatic carbocycles. The summed E-state index contributed by atoms with van der Waals surface area (Å²) in [4.78, 5) is 10.8. The van der Waals surface area contributed by atoms with Crippen LogP contribution in [0.3, 0.4) is 0 Å². The van der Waals surface area contributed by atoms with Crippen LogP contribution in [0.2, 0.25) is 0 Å². The smallest absolute Gasteiger partial charge is 0.255 e. The quantitative estimate of drug-likeness (QED) is 0.474. The van der Waals surface area contributed by atoms with Crippen LogP contribution >= 0.6 is 11.6 Å². The summed E-state index contributed by atoms with van der Waals surface area (Å²) in [5.41, 5.74) is -0.117. The number of carbonyl (C=O) groups excluding carboxylic acids is 1. The summed E-state index contributed by atoms with van der Waals surface area (Å²) < 4.78 is 18.9. The van der Waals surface area contributed by atoms with E-state index in [4.69, 9.17) is 16.3 Å². The van der Waals surface area contributed by atoms with Crippen molar-refractivity contribution in [3.8, 4) is 5.75 Å². The van der Waals surface area contributed by atoms with Gasteiger partial charge in [0.25, 0.3) is 5.24 Å². The van der Waals surface area contributed by atoms with Crippen LogP contribution in [0.25, 0.3) is 0 Å². The van der Waals surface area contributed by atoms with Crippen molar-refractivity contribution in [3.63, 3.8) is 0 Å². The lowest BCUT2D eigenvalue weighted by molar-refractivity contribution is 0.107. The second kappa shape index (κ2) is 8.92. The maximum atomic E-state index is 13.4. The summed E-state index contributed by atoms with van der Waals surface area (Å²) in [5, 5.41) is -0.792. The molecule has 0 aliphatic rings. The number of ether oxygens (including phenoxy) is 1. The van der Waals surface area contributed by atoms with E-state index in [-0.39, 0.29) is 5.56 Å². The van der Waals surface area contributed by atoms with Gasteiger partial charge in [-0.25, -0.2) is 4.39 Å². The minimum atomic E-state index is -0.792. The van der Waals surface area contributed by atoms with Gasteiger partial charge in [0.05, 0.1) is 12.2 Å². The van der Waals surface area contributed by atoms with Crippen molar-refractivity contribution in [2.75, 3.05) is 6.61 Å². The molecule has 0 saturated heterocycles. The molecule has 0 N–H and O–H groups in total. The van der Waals surface area contributed by atoms with Gasteiger partial charge in [-0.2, -0.15) is 0 Å². The van der Waals surface area contributed by atoms with Gasteiger partial charge in [0.1, 0.15) is 11.6 Å². The minimum Gasteiger partial charge on any atom is -0.493 e. The molecule has 19 heavy (non-hydrogen) atoms. The lowest BCUT2D eigenvalue weighted by atomic mass is 10.1. The van der Waals surface area contributed by atoms with E-state index in [9.17, 15) is 9.18 Å². The molecule has 0 atom stereocenters. The van der Waals surface area contributed by atoms with Crippen molar-refractivity contribution in [3.05, 3.63) is 29.6 Å². The number of carbonyl (C=O) groups is 1. The highest BCUT2D eigenvalue weighted by atomic mass is 35.5. The predicted molar refractivity (Wildman–Crippen MR) is 75.5 cm³/mol. The van der Waals surface area contributed by atoms with Crippen molar-refractivity contribution >= 4 is 16.8 Å². The van der Waals surface area contributed by atoms with Crippen LogP contribution in [0, 0.1) is 5.82 Å². The average Bonchev–Trinajstić information content (AvgIpc) is 2.37. The zero-order valence-electron chi connectivity index (χ0n) is 11.3. The number of unbranched alkanes of at least 4 members (excludes halogenated alkanes) is 5. The number of rotatable bonds is 9. The van der Waals surface area contributed by atoms with Crippen LogP contribution in [0.15, 0.2) is 18.2 Å². The molecule has 0 saturated carbocycles. The maximum Gasteiger partial charge on any atom is 0.255 e. The normalized spacial score (nSPS) is 10.5. The second-order valence-corrected chi connectivity index (χ2v) is 4.87. The zero-order valence-corrected chi connectivity index (χ0v) is 12.0. The van der Waals surface area contributed by atoms with Gasteiger partial charge >= 0.3 is 0 Å². The van der Waals surface area contributed by atoms with Crippen LogP contribution < -0.4 is 4.74 Å². The topological polar surface area (TPSA) is 26.3 Å². The SMILES string of the molecule is CCCCCCCCOc1ccc(C(=O)Cl)c(F)c1. The van der Waals surface area contributed by atoms with Crippen molar-refractivity contribution in [2.24, 2.45) is 0 Å². The Morgan fingerprint density at radius 3 is 2.53 bits per heavy atom. The fourth-order valence-corrected chi connectivity index (χ4v) is 1.97. The van der Waals surface area contributed by atoms with Gasteiger partial charge in [-0.1, -0.05) is 39.0 Å². The van der Waals surface area contributed by atoms with Gasteiger partial charge in [0, 0.05) is 6.07 Å². The first-order valence-electron chi connectivity index (χ1n) is 6.77. The van der Waals surface area contributed by atoms with E-state index >= 15 is 0 Å². The van der Waals surface area contributed by atoms with Crippen molar-refractivity contribution in [1.29, 1.82) is 0 Å². The Balaban J connectivity index is 2.26. The van der Waals surface area contributed by atoms with Crippen LogP contribution in [0.4, 0.5) is 4.39 Å². The molecule has 0 aliphatic carbocycles. The first-order valence-corrected chi connectivity index (χ1v) is 7.15. The molecule has 0 heterocycles. The van der Waals surface area contributed by atoms with Gasteiger partial charge in [0.2, 0.25) is 0 Å². The number of hydrogen-bond donors (Lipinski definition) is 0. The number of benzene rings is 1. The fourth-order valence-electron chi connectivity index (χ4n) is 1.82. The zero-order chi connectivity index (χ0) is 14.1. The van der Waals surface area contributed by atoms with Crippen molar-refractivity contribution < 1.29 is 13.9 Å². The summed E-state index contributed by atoms with van der Waals surface area (Å²) in [6, 6.07) is 4.11. The van der Waals surface area contributed by atoms with Crippen LogP contribution in [0.1, 0.15) is 55.8 Å². The van der Waals surface area contributed by atoms with Crippen molar-refractivity contribution in [1.82, 2.24) is 0 Å². The minimum absolute atomic E-state index is 0.117. The Labute approximate surface area is 118 Å². The molecular formula is C15H20ClFO2. The summed E-state index contributed by atoms with van der Waals surface area (Å²) in [6.07, 6.45) is 7.08. The molecule has 0 bridgehead atoms. The predicted octanol–water partition coefficient (Wildman–Crippen LogP) is 4.94. The Morgan fingerprint density at radius 1 is 1.21 bits per heavy atom. The highest BCUT2D eigenvalue weighted by Gasteiger charge is 2.09. The molecule has 0 fully saturated rings. The lowest BCUT2D eigenvalue weighted by Crippen LogP contribution is -2.00. The first kappa shape index (κ1) is 16.0. The van der Waals surface area contributed by atoms with Gasteiger partial charge < -0.3 is 4.74 Å². The third kappa shape index (κ3) is 6.06. The van der Waals surface area contributed by atoms with E-state index in [1.54, 1.807) is 6.07 Å². The third-order valence-electron chi connectivity index (χ3n) is 2.92. The molecule has 0 amide bonds. The van der Waals surface area contributed by atoms with Gasteiger partial charge in [-0.15, -0.1) is 0 Å². The van der Waals surface area contributed by atoms with Crippen molar-refractivity contribution in [2.45, 2.75) is 45.4 Å². The third-order valence-corrected chi connectivity index (χ3v) is 3.12. The van der Waals surface area contributed by atoms with Gasteiger partial charge in [0.15, 0.2) is 0 Å². The highest BCUT2D eigenvalue weighted by molar-refractivity contribution is 6.67. The second-order valence-electron chi connectivity index (χ2n) is 4.53. The highest BCUT2D eigenvalue weighted by Crippen LogP contribution is 2.18. The molecule has 0 spiro atoms. The van der Waals surface area contributed by atoms with Crippen LogP contribution in [0.5, 0.6) is 5.75 Å². The van der Waals surface area contributed by atoms with E-state index in [1.165, 1.54) is 37.8 Å². The summed E-state index contributed by atoms with van der Waals surface area (Å²) in [6.45, 7) is 2.76. The molecule has 106 valence electrons. The Morgan fingerprint density at radius 2 is 1.89 bits per heavy atom. The van der Waals surface area contributed by atoms with Crippen LogP contribution in [-0.2, 0) is 0 Å². The van der Waals surface area contributed by atoms with E-state index in [0.29, 0.717) is 12.4 Å². The molecule has 4 heteroatoms.